The Hall–Kier alpha value is -2.91. The van der Waals surface area contributed by atoms with E-state index in [9.17, 15) is 8.78 Å². The third kappa shape index (κ3) is 4.83. The maximum Gasteiger partial charge on any atom is 0.387 e. The van der Waals surface area contributed by atoms with E-state index in [1.807, 2.05) is 22.6 Å². The second-order valence-electron chi connectivity index (χ2n) is 6.21. The molecule has 0 aliphatic carbocycles. The predicted molar refractivity (Wildman–Crippen MR) is 98.0 cm³/mol. The van der Waals surface area contributed by atoms with Gasteiger partial charge >= 0.3 is 6.61 Å². The molecule has 3 rings (SSSR count). The minimum absolute atomic E-state index is 0.135. The van der Waals surface area contributed by atoms with Gasteiger partial charge in [-0.3, -0.25) is 4.99 Å². The van der Waals surface area contributed by atoms with E-state index in [0.29, 0.717) is 24.7 Å². The number of halogens is 2. The summed E-state index contributed by atoms with van der Waals surface area (Å²) in [6.07, 6.45) is 2.49. The second kappa shape index (κ2) is 8.65. The number of nitrogens with zero attached hydrogens (tertiary/aromatic N) is 5. The highest BCUT2D eigenvalue weighted by Gasteiger charge is 2.26. The number of alkyl halides is 2. The molecule has 1 aromatic heterocycles. The number of hydrogen-bond donors (Lipinski definition) is 2. The Bertz CT molecular complexity index is 780. The number of ether oxygens (including phenoxy) is 1. The molecule has 1 unspecified atom stereocenters. The lowest BCUT2D eigenvalue weighted by molar-refractivity contribution is -0.0495. The van der Waals surface area contributed by atoms with Gasteiger partial charge in [0.25, 0.3) is 0 Å². The molecule has 2 heterocycles. The van der Waals surface area contributed by atoms with Crippen LogP contribution in [0.2, 0.25) is 0 Å². The van der Waals surface area contributed by atoms with Crippen molar-refractivity contribution in [2.24, 2.45) is 12.0 Å². The van der Waals surface area contributed by atoms with Crippen molar-refractivity contribution in [3.05, 3.63) is 36.4 Å². The highest BCUT2D eigenvalue weighted by atomic mass is 19.3. The van der Waals surface area contributed by atoms with Gasteiger partial charge in [-0.05, 0) is 18.6 Å². The van der Waals surface area contributed by atoms with Gasteiger partial charge in [0, 0.05) is 33.2 Å². The molecule has 0 amide bonds. The summed E-state index contributed by atoms with van der Waals surface area (Å²) in [6.45, 7) is -0.945. The van der Waals surface area contributed by atoms with Gasteiger partial charge in [-0.1, -0.05) is 12.1 Å². The van der Waals surface area contributed by atoms with E-state index in [1.54, 1.807) is 31.6 Å². The van der Waals surface area contributed by atoms with E-state index in [2.05, 4.69) is 30.6 Å². The summed E-state index contributed by atoms with van der Waals surface area (Å²) in [5.74, 6) is 1.64. The lowest BCUT2D eigenvalue weighted by Crippen LogP contribution is -2.44. The van der Waals surface area contributed by atoms with Crippen molar-refractivity contribution in [3.8, 4) is 5.75 Å². The summed E-state index contributed by atoms with van der Waals surface area (Å²) in [5, 5.41) is 14.4. The molecule has 1 atom stereocenters. The summed E-state index contributed by atoms with van der Waals surface area (Å²) in [6, 6.07) is 6.99. The summed E-state index contributed by atoms with van der Waals surface area (Å²) in [7, 11) is 3.57. The van der Waals surface area contributed by atoms with Crippen LogP contribution in [0.25, 0.3) is 0 Å². The summed E-state index contributed by atoms with van der Waals surface area (Å²) >= 11 is 0. The Morgan fingerprint density at radius 1 is 1.41 bits per heavy atom. The monoisotopic (exact) mass is 379 g/mol. The van der Waals surface area contributed by atoms with Crippen LogP contribution in [0.5, 0.6) is 5.75 Å². The number of anilines is 1. The number of benzene rings is 1. The van der Waals surface area contributed by atoms with E-state index >= 15 is 0 Å². The molecule has 1 aliphatic heterocycles. The van der Waals surface area contributed by atoms with Crippen LogP contribution in [0.1, 0.15) is 12.2 Å². The molecule has 0 bridgehead atoms. The SMILES string of the molecule is CN=C(NCc1nncn1C)NC1CCN(c2ccccc2OC(F)F)C1. The Labute approximate surface area is 156 Å². The Morgan fingerprint density at radius 2 is 2.22 bits per heavy atom. The molecule has 1 saturated heterocycles. The molecule has 0 radical (unpaired) electrons. The van der Waals surface area contributed by atoms with E-state index in [1.165, 1.54) is 0 Å². The van der Waals surface area contributed by atoms with Gasteiger partial charge in [0.2, 0.25) is 0 Å². The summed E-state index contributed by atoms with van der Waals surface area (Å²) in [4.78, 5) is 6.26. The minimum atomic E-state index is -2.84. The number of aliphatic imine (C=N–C) groups is 1. The Kier molecular flexibility index (Phi) is 6.05. The number of rotatable bonds is 6. The highest BCUT2D eigenvalue weighted by molar-refractivity contribution is 5.80. The van der Waals surface area contributed by atoms with Gasteiger partial charge in [0.15, 0.2) is 11.8 Å². The van der Waals surface area contributed by atoms with Crippen LogP contribution in [0.4, 0.5) is 14.5 Å². The van der Waals surface area contributed by atoms with Crippen LogP contribution >= 0.6 is 0 Å². The first-order chi connectivity index (χ1) is 13.1. The van der Waals surface area contributed by atoms with Gasteiger partial charge in [-0.25, -0.2) is 0 Å². The molecule has 10 heteroatoms. The number of para-hydroxylation sites is 2. The first-order valence-electron chi connectivity index (χ1n) is 8.65. The molecule has 146 valence electrons. The fraction of sp³-hybridized carbons (Fsp3) is 0.471. The molecular formula is C17H23F2N7O. The van der Waals surface area contributed by atoms with Crippen LogP contribution in [-0.2, 0) is 13.6 Å². The summed E-state index contributed by atoms with van der Waals surface area (Å²) in [5.41, 5.74) is 0.670. The van der Waals surface area contributed by atoms with Crippen molar-refractivity contribution >= 4 is 11.6 Å². The van der Waals surface area contributed by atoms with E-state index in [-0.39, 0.29) is 11.8 Å². The summed E-state index contributed by atoms with van der Waals surface area (Å²) < 4.78 is 31.7. The third-order valence-electron chi connectivity index (χ3n) is 4.39. The lowest BCUT2D eigenvalue weighted by atomic mass is 10.2. The number of guanidine groups is 1. The largest absolute Gasteiger partial charge is 0.433 e. The zero-order valence-electron chi connectivity index (χ0n) is 15.3. The van der Waals surface area contributed by atoms with Crippen molar-refractivity contribution in [3.63, 3.8) is 0 Å². The zero-order valence-corrected chi connectivity index (χ0v) is 15.3. The van der Waals surface area contributed by atoms with Crippen LogP contribution in [0, 0.1) is 0 Å². The van der Waals surface area contributed by atoms with Crippen LogP contribution in [0.15, 0.2) is 35.6 Å². The van der Waals surface area contributed by atoms with Crippen molar-refractivity contribution in [1.82, 2.24) is 25.4 Å². The molecule has 8 nitrogen and oxygen atoms in total. The van der Waals surface area contributed by atoms with Crippen molar-refractivity contribution in [2.45, 2.75) is 25.6 Å². The second-order valence-corrected chi connectivity index (χ2v) is 6.21. The van der Waals surface area contributed by atoms with E-state index in [4.69, 9.17) is 0 Å². The molecule has 0 saturated carbocycles. The molecule has 0 spiro atoms. The molecule has 1 aliphatic rings. The number of aromatic nitrogens is 3. The van der Waals surface area contributed by atoms with Crippen LogP contribution < -0.4 is 20.3 Å². The maximum atomic E-state index is 12.6. The molecule has 2 aromatic rings. The van der Waals surface area contributed by atoms with E-state index in [0.717, 1.165) is 18.8 Å². The van der Waals surface area contributed by atoms with Gasteiger partial charge in [-0.15, -0.1) is 10.2 Å². The molecule has 2 N–H and O–H groups in total. The van der Waals surface area contributed by atoms with Gasteiger partial charge in [0.1, 0.15) is 12.1 Å². The molecule has 1 fully saturated rings. The average molecular weight is 379 g/mol. The van der Waals surface area contributed by atoms with Crippen LogP contribution in [-0.4, -0.2) is 53.5 Å². The normalized spacial score (nSPS) is 17.4. The van der Waals surface area contributed by atoms with Gasteiger partial charge < -0.3 is 24.8 Å². The van der Waals surface area contributed by atoms with Crippen LogP contribution in [0.3, 0.4) is 0 Å². The average Bonchev–Trinajstić information content (AvgIpc) is 3.27. The number of hydrogen-bond acceptors (Lipinski definition) is 5. The van der Waals surface area contributed by atoms with Crippen molar-refractivity contribution < 1.29 is 13.5 Å². The highest BCUT2D eigenvalue weighted by Crippen LogP contribution is 2.31. The lowest BCUT2D eigenvalue weighted by Gasteiger charge is -2.22. The smallest absolute Gasteiger partial charge is 0.387 e. The third-order valence-corrected chi connectivity index (χ3v) is 4.39. The topological polar surface area (TPSA) is 79.6 Å². The molecular weight excluding hydrogens is 356 g/mol. The van der Waals surface area contributed by atoms with E-state index < -0.39 is 6.61 Å². The van der Waals surface area contributed by atoms with Gasteiger partial charge in [0.05, 0.1) is 12.2 Å². The first-order valence-corrected chi connectivity index (χ1v) is 8.65. The van der Waals surface area contributed by atoms with Crippen molar-refractivity contribution in [1.29, 1.82) is 0 Å². The predicted octanol–water partition coefficient (Wildman–Crippen LogP) is 1.36. The quantitative estimate of drug-likeness (QED) is 0.583. The number of nitrogens with one attached hydrogen (secondary N) is 2. The van der Waals surface area contributed by atoms with Gasteiger partial charge in [-0.2, -0.15) is 8.78 Å². The fourth-order valence-electron chi connectivity index (χ4n) is 3.03. The van der Waals surface area contributed by atoms with Crippen molar-refractivity contribution in [2.75, 3.05) is 25.0 Å². The maximum absolute atomic E-state index is 12.6. The number of aryl methyl sites for hydroxylation is 1. The Balaban J connectivity index is 1.57. The first kappa shape index (κ1) is 18.9. The minimum Gasteiger partial charge on any atom is -0.433 e. The fourth-order valence-corrected chi connectivity index (χ4v) is 3.03. The molecule has 27 heavy (non-hydrogen) atoms. The molecule has 1 aromatic carbocycles. The zero-order chi connectivity index (χ0) is 19.2. The Morgan fingerprint density at radius 3 is 2.93 bits per heavy atom. The standard InChI is InChI=1S/C17H23F2N7O/c1-20-17(21-9-15-24-22-11-25(15)2)23-12-7-8-26(10-12)13-5-3-4-6-14(13)27-16(18)19/h3-6,11-12,16H,7-10H2,1-2H3,(H2,20,21,23).